The van der Waals surface area contributed by atoms with Crippen molar-refractivity contribution in [2.45, 2.75) is 19.4 Å². The Bertz CT molecular complexity index is 484. The largest absolute Gasteiger partial charge is 0.479 e. The lowest BCUT2D eigenvalue weighted by atomic mass is 10.1. The summed E-state index contributed by atoms with van der Waals surface area (Å²) < 4.78 is 10.5. The van der Waals surface area contributed by atoms with Crippen LogP contribution in [0, 0.1) is 0 Å². The van der Waals surface area contributed by atoms with E-state index in [-0.39, 0.29) is 5.91 Å². The highest BCUT2D eigenvalue weighted by atomic mass is 35.5. The second-order valence-corrected chi connectivity index (χ2v) is 5.30. The van der Waals surface area contributed by atoms with Gasteiger partial charge in [0.05, 0.1) is 11.6 Å². The Morgan fingerprint density at radius 1 is 1.43 bits per heavy atom. The molecule has 0 radical (unpaired) electrons. The first-order valence-electron chi connectivity index (χ1n) is 6.60. The molecule has 1 amide bonds. The highest BCUT2D eigenvalue weighted by Gasteiger charge is 2.18. The van der Waals surface area contributed by atoms with E-state index in [1.165, 1.54) is 0 Å². The van der Waals surface area contributed by atoms with Gasteiger partial charge in [0.1, 0.15) is 5.75 Å². The Labute approximate surface area is 134 Å². The molecule has 0 aliphatic carbocycles. The van der Waals surface area contributed by atoms with Crippen molar-refractivity contribution in [3.63, 3.8) is 0 Å². The van der Waals surface area contributed by atoms with Crippen LogP contribution in [-0.2, 0) is 16.0 Å². The molecule has 21 heavy (non-hydrogen) atoms. The van der Waals surface area contributed by atoms with E-state index in [0.717, 1.165) is 5.56 Å². The van der Waals surface area contributed by atoms with Crippen LogP contribution >= 0.6 is 23.2 Å². The van der Waals surface area contributed by atoms with Gasteiger partial charge < -0.3 is 20.5 Å². The number of hydrogen-bond donors (Lipinski definition) is 2. The Balaban J connectivity index is 2.79. The zero-order valence-electron chi connectivity index (χ0n) is 12.1. The van der Waals surface area contributed by atoms with E-state index in [2.05, 4.69) is 5.32 Å². The van der Waals surface area contributed by atoms with Gasteiger partial charge in [-0.25, -0.2) is 0 Å². The van der Waals surface area contributed by atoms with Crippen molar-refractivity contribution in [2.24, 2.45) is 5.73 Å². The Hall–Kier alpha value is -1.01. The number of carbonyl (C=O) groups is 1. The molecular formula is C14H20Cl2N2O3. The number of halogens is 2. The van der Waals surface area contributed by atoms with Gasteiger partial charge in [-0.1, -0.05) is 23.2 Å². The molecule has 0 saturated heterocycles. The van der Waals surface area contributed by atoms with E-state index >= 15 is 0 Å². The molecule has 1 unspecified atom stereocenters. The third kappa shape index (κ3) is 5.71. The fraction of sp³-hybridized carbons (Fsp3) is 0.500. The van der Waals surface area contributed by atoms with Gasteiger partial charge in [-0.3, -0.25) is 4.79 Å². The first-order chi connectivity index (χ1) is 9.99. The van der Waals surface area contributed by atoms with E-state index in [1.807, 2.05) is 0 Å². The second kappa shape index (κ2) is 9.10. The zero-order chi connectivity index (χ0) is 15.8. The van der Waals surface area contributed by atoms with Crippen LogP contribution in [0.3, 0.4) is 0 Å². The number of rotatable bonds is 8. The molecule has 5 nitrogen and oxygen atoms in total. The summed E-state index contributed by atoms with van der Waals surface area (Å²) in [5, 5.41) is 3.57. The quantitative estimate of drug-likeness (QED) is 0.713. The third-order valence-corrected chi connectivity index (χ3v) is 3.27. The maximum atomic E-state index is 11.9. The number of nitrogens with one attached hydrogen (secondary N) is 1. The van der Waals surface area contributed by atoms with E-state index in [9.17, 15) is 4.79 Å². The summed E-state index contributed by atoms with van der Waals surface area (Å²) in [6, 6.07) is 3.32. The smallest absolute Gasteiger partial charge is 0.260 e. The number of hydrogen-bond acceptors (Lipinski definition) is 4. The van der Waals surface area contributed by atoms with Crippen LogP contribution in [0.2, 0.25) is 10.0 Å². The molecule has 0 fully saturated rings. The Kier molecular flexibility index (Phi) is 7.82. The molecule has 1 rings (SSSR count). The van der Waals surface area contributed by atoms with Crippen molar-refractivity contribution in [3.05, 3.63) is 27.7 Å². The molecule has 1 aromatic rings. The second-order valence-electron chi connectivity index (χ2n) is 4.46. The molecule has 118 valence electrons. The molecule has 0 bridgehead atoms. The summed E-state index contributed by atoms with van der Waals surface area (Å²) in [6.45, 7) is 2.95. The van der Waals surface area contributed by atoms with Crippen LogP contribution in [0.5, 0.6) is 5.75 Å². The lowest BCUT2D eigenvalue weighted by Crippen LogP contribution is -2.38. The third-order valence-electron chi connectivity index (χ3n) is 2.77. The number of carbonyl (C=O) groups excluding carboxylic acids is 1. The number of amides is 1. The van der Waals surface area contributed by atoms with Crippen molar-refractivity contribution in [3.8, 4) is 5.75 Å². The van der Waals surface area contributed by atoms with Crippen LogP contribution in [0.4, 0.5) is 0 Å². The molecule has 1 aromatic carbocycles. The normalized spacial score (nSPS) is 12.0. The Morgan fingerprint density at radius 3 is 2.76 bits per heavy atom. The number of benzene rings is 1. The van der Waals surface area contributed by atoms with E-state index in [1.54, 1.807) is 26.2 Å². The summed E-state index contributed by atoms with van der Waals surface area (Å²) >= 11 is 12.1. The van der Waals surface area contributed by atoms with Crippen molar-refractivity contribution in [1.82, 2.24) is 5.32 Å². The van der Waals surface area contributed by atoms with Crippen LogP contribution < -0.4 is 15.8 Å². The van der Waals surface area contributed by atoms with Crippen molar-refractivity contribution < 1.29 is 14.3 Å². The maximum Gasteiger partial charge on any atom is 0.260 e. The predicted molar refractivity (Wildman–Crippen MR) is 84.2 cm³/mol. The Morgan fingerprint density at radius 2 is 2.14 bits per heavy atom. The minimum absolute atomic E-state index is 0.239. The predicted octanol–water partition coefficient (Wildman–Crippen LogP) is 2.02. The van der Waals surface area contributed by atoms with Gasteiger partial charge in [0.2, 0.25) is 0 Å². The maximum absolute atomic E-state index is 11.9. The number of ether oxygens (including phenoxy) is 2. The lowest BCUT2D eigenvalue weighted by Gasteiger charge is -2.18. The molecule has 1 atom stereocenters. The molecule has 0 aliphatic rings. The summed E-state index contributed by atoms with van der Waals surface area (Å²) in [5.41, 5.74) is 6.35. The summed E-state index contributed by atoms with van der Waals surface area (Å²) in [6.07, 6.45) is -0.120. The standard InChI is InChI=1S/C14H20Cl2N2O3/c1-9(14(19)18-5-6-20-2)21-13-10(3-4-17)7-11(15)8-12(13)16/h7-9H,3-6,17H2,1-2H3,(H,18,19). The van der Waals surface area contributed by atoms with E-state index < -0.39 is 6.10 Å². The highest BCUT2D eigenvalue weighted by molar-refractivity contribution is 6.35. The topological polar surface area (TPSA) is 73.6 Å². The summed E-state index contributed by atoms with van der Waals surface area (Å²) in [5.74, 6) is 0.206. The average molecular weight is 335 g/mol. The molecule has 0 heterocycles. The van der Waals surface area contributed by atoms with Gasteiger partial charge in [0.25, 0.3) is 5.91 Å². The molecule has 0 spiro atoms. The minimum atomic E-state index is -0.683. The zero-order valence-corrected chi connectivity index (χ0v) is 13.6. The SMILES string of the molecule is COCCNC(=O)C(C)Oc1c(Cl)cc(Cl)cc1CCN. The number of methoxy groups -OCH3 is 1. The van der Waals surface area contributed by atoms with Gasteiger partial charge in [-0.2, -0.15) is 0 Å². The van der Waals surface area contributed by atoms with Gasteiger partial charge in [0, 0.05) is 18.7 Å². The molecule has 0 saturated carbocycles. The van der Waals surface area contributed by atoms with Gasteiger partial charge >= 0.3 is 0 Å². The minimum Gasteiger partial charge on any atom is -0.479 e. The van der Waals surface area contributed by atoms with Crippen LogP contribution in [0.25, 0.3) is 0 Å². The van der Waals surface area contributed by atoms with Gasteiger partial charge in [-0.05, 0) is 37.6 Å². The van der Waals surface area contributed by atoms with E-state index in [0.29, 0.717) is 41.9 Å². The first-order valence-corrected chi connectivity index (χ1v) is 7.36. The fourth-order valence-corrected chi connectivity index (χ4v) is 2.32. The van der Waals surface area contributed by atoms with Crippen molar-refractivity contribution >= 4 is 29.1 Å². The number of nitrogens with two attached hydrogens (primary N) is 1. The molecule has 3 N–H and O–H groups in total. The first kappa shape index (κ1) is 18.0. The van der Waals surface area contributed by atoms with Gasteiger partial charge in [-0.15, -0.1) is 0 Å². The monoisotopic (exact) mass is 334 g/mol. The molecule has 7 heteroatoms. The highest BCUT2D eigenvalue weighted by Crippen LogP contribution is 2.33. The lowest BCUT2D eigenvalue weighted by molar-refractivity contribution is -0.127. The van der Waals surface area contributed by atoms with E-state index in [4.69, 9.17) is 38.4 Å². The molecular weight excluding hydrogens is 315 g/mol. The van der Waals surface area contributed by atoms with Crippen molar-refractivity contribution in [2.75, 3.05) is 26.8 Å². The van der Waals surface area contributed by atoms with Crippen LogP contribution in [-0.4, -0.2) is 38.8 Å². The molecule has 0 aliphatic heterocycles. The van der Waals surface area contributed by atoms with Crippen molar-refractivity contribution in [1.29, 1.82) is 0 Å². The summed E-state index contributed by atoms with van der Waals surface area (Å²) in [4.78, 5) is 11.9. The fourth-order valence-electron chi connectivity index (χ4n) is 1.74. The van der Waals surface area contributed by atoms with Gasteiger partial charge in [0.15, 0.2) is 6.10 Å². The molecule has 0 aromatic heterocycles. The van der Waals surface area contributed by atoms with Crippen LogP contribution in [0.15, 0.2) is 12.1 Å². The van der Waals surface area contributed by atoms with Crippen LogP contribution in [0.1, 0.15) is 12.5 Å². The average Bonchev–Trinajstić information content (AvgIpc) is 2.42. The summed E-state index contributed by atoms with van der Waals surface area (Å²) in [7, 11) is 1.57.